The SMILES string of the molecule is CN[C@H](C)C(=O)N[C@@H](C(=O)N1C[C@@H](NC(=O)c2cnc(N3CCC4(CN(CCCCC(=O)Nc5cccc(Sc6cnc(N7CCC(N)(CF)CC7)cn6)c5)C4)C3)nc2)C[C@@H]1C(=O)Nc1c(F)cccc1F)C(C)(C)C. The van der Waals surface area contributed by atoms with Crippen molar-refractivity contribution in [2.75, 3.05) is 86.5 Å². The Morgan fingerprint density at radius 3 is 2.22 bits per heavy atom. The van der Waals surface area contributed by atoms with Crippen LogP contribution in [0.4, 0.5) is 36.3 Å². The number of hydrogen-bond donors (Lipinski definition) is 6. The van der Waals surface area contributed by atoms with Crippen molar-refractivity contribution in [3.63, 3.8) is 0 Å². The van der Waals surface area contributed by atoms with Crippen LogP contribution in [0.25, 0.3) is 0 Å². The third-order valence-electron chi connectivity index (χ3n) is 14.8. The van der Waals surface area contributed by atoms with Gasteiger partial charge >= 0.3 is 0 Å². The summed E-state index contributed by atoms with van der Waals surface area (Å²) in [4.78, 5) is 94.6. The third kappa shape index (κ3) is 13.6. The van der Waals surface area contributed by atoms with Crippen LogP contribution in [0.2, 0.25) is 0 Å². The maximum absolute atomic E-state index is 14.7. The number of likely N-dealkylation sites (N-methyl/N-ethyl adjacent to an activating group) is 1. The van der Waals surface area contributed by atoms with E-state index in [2.05, 4.69) is 61.2 Å². The molecule has 4 saturated heterocycles. The zero-order valence-corrected chi connectivity index (χ0v) is 44.5. The number of alkyl halides is 1. The van der Waals surface area contributed by atoms with Gasteiger partial charge in [0.15, 0.2) is 0 Å². The van der Waals surface area contributed by atoms with Crippen LogP contribution in [0.15, 0.2) is 77.2 Å². The fourth-order valence-corrected chi connectivity index (χ4v) is 11.0. The molecule has 4 fully saturated rings. The lowest BCUT2D eigenvalue weighted by atomic mass is 9.79. The van der Waals surface area contributed by atoms with E-state index in [4.69, 9.17) is 5.73 Å². The molecule has 1 spiro atoms. The van der Waals surface area contributed by atoms with Crippen molar-refractivity contribution < 1.29 is 37.1 Å². The standard InChI is InChI=1S/C53H69F3N14O5S/c1-33(58-5)46(72)66-45(51(2,3)4)49(75)70-28-36(23-40(70)48(74)65-44-38(55)12-9-13-39(44)56)64-47(73)34-24-61-50(62-25-34)69-19-15-52(32-69)30-67(31-52)18-7-6-14-42(71)63-35-10-8-11-37(22-35)76-43-27-59-41(26-60-43)68-20-16-53(57,29-54)17-21-68/h8-13,22,24-27,33,36,40,45,58H,6-7,14-21,23,28-32,57H2,1-5H3,(H,63,71)(H,64,73)(H,65,74)(H,66,72)/t33-,36+,40-,45+/m1/s1. The number of aromatic nitrogens is 4. The largest absolute Gasteiger partial charge is 0.355 e. The van der Waals surface area contributed by atoms with E-state index in [9.17, 15) is 37.1 Å². The number of rotatable bonds is 19. The van der Waals surface area contributed by atoms with Crippen LogP contribution >= 0.6 is 11.8 Å². The quantitative estimate of drug-likeness (QED) is 0.0695. The summed E-state index contributed by atoms with van der Waals surface area (Å²) in [5.41, 5.74) is 4.84. The van der Waals surface area contributed by atoms with Gasteiger partial charge in [-0.15, -0.1) is 0 Å². The van der Waals surface area contributed by atoms with Gasteiger partial charge in [-0.1, -0.05) is 44.7 Å². The molecule has 0 aliphatic carbocycles. The molecule has 0 radical (unpaired) electrons. The summed E-state index contributed by atoms with van der Waals surface area (Å²) in [6.07, 6.45) is 10.4. The minimum Gasteiger partial charge on any atom is -0.355 e. The van der Waals surface area contributed by atoms with E-state index in [-0.39, 0.29) is 29.9 Å². The Bertz CT molecular complexity index is 2700. The smallest absolute Gasteiger partial charge is 0.254 e. The molecule has 4 atom stereocenters. The van der Waals surface area contributed by atoms with Crippen molar-refractivity contribution in [1.29, 1.82) is 0 Å². The van der Waals surface area contributed by atoms with Gasteiger partial charge in [0.2, 0.25) is 29.6 Å². The first-order valence-corrected chi connectivity index (χ1v) is 26.7. The maximum Gasteiger partial charge on any atom is 0.254 e. The average molecular weight is 1070 g/mol. The fraction of sp³-hybridized carbons (Fsp3) is 0.528. The number of carbonyl (C=O) groups excluding carboxylic acids is 5. The summed E-state index contributed by atoms with van der Waals surface area (Å²) >= 11 is 1.45. The Balaban J connectivity index is 0.773. The summed E-state index contributed by atoms with van der Waals surface area (Å²) in [5, 5.41) is 14.6. The van der Waals surface area contributed by atoms with Gasteiger partial charge in [0.05, 0.1) is 24.0 Å². The molecule has 2 aromatic heterocycles. The molecule has 19 nitrogen and oxygen atoms in total. The van der Waals surface area contributed by atoms with E-state index in [1.54, 1.807) is 47.1 Å². The predicted octanol–water partition coefficient (Wildman–Crippen LogP) is 4.76. The molecular formula is C53H69F3N14O5S. The lowest BCUT2D eigenvalue weighted by Gasteiger charge is -2.48. The highest BCUT2D eigenvalue weighted by atomic mass is 32.2. The lowest BCUT2D eigenvalue weighted by Crippen LogP contribution is -2.59. The van der Waals surface area contributed by atoms with Crippen molar-refractivity contribution >= 4 is 64.4 Å². The van der Waals surface area contributed by atoms with Gasteiger partial charge in [-0.2, -0.15) is 0 Å². The number of hydrogen-bond acceptors (Lipinski definition) is 15. The van der Waals surface area contributed by atoms with Crippen LogP contribution in [0.5, 0.6) is 0 Å². The number of anilines is 4. The molecule has 0 saturated carbocycles. The summed E-state index contributed by atoms with van der Waals surface area (Å²) < 4.78 is 42.6. The number of amides is 5. The van der Waals surface area contributed by atoms with Crippen molar-refractivity contribution in [3.05, 3.63) is 84.4 Å². The normalized spacial score (nSPS) is 19.9. The molecular weight excluding hydrogens is 1000 g/mol. The number of unbranched alkanes of at least 4 members (excludes halogenated alkanes) is 1. The second-order valence-electron chi connectivity index (χ2n) is 21.8. The second kappa shape index (κ2) is 23.9. The van der Waals surface area contributed by atoms with Crippen molar-refractivity contribution in [3.8, 4) is 0 Å². The van der Waals surface area contributed by atoms with Gasteiger partial charge in [0.1, 0.15) is 46.9 Å². The number of carbonyl (C=O) groups is 5. The number of nitrogens with zero attached hydrogens (tertiary/aromatic N) is 8. The van der Waals surface area contributed by atoms with Crippen LogP contribution < -0.4 is 42.1 Å². The molecule has 23 heteroatoms. The first-order chi connectivity index (χ1) is 36.2. The summed E-state index contributed by atoms with van der Waals surface area (Å²) in [6.45, 7) is 11.8. The first kappa shape index (κ1) is 55.8. The van der Waals surface area contributed by atoms with E-state index in [1.807, 2.05) is 24.3 Å². The average Bonchev–Trinajstić information content (AvgIpc) is 4.04. The topological polar surface area (TPSA) is 236 Å². The Hall–Kier alpha value is -6.43. The maximum atomic E-state index is 14.7. The van der Waals surface area contributed by atoms with Crippen LogP contribution in [0, 0.1) is 22.5 Å². The molecule has 5 amide bonds. The van der Waals surface area contributed by atoms with Crippen LogP contribution in [-0.4, -0.2) is 155 Å². The number of likely N-dealkylation sites (tertiary alicyclic amines) is 2. The predicted molar refractivity (Wildman–Crippen MR) is 283 cm³/mol. The number of piperidine rings is 1. The van der Waals surface area contributed by atoms with Crippen molar-refractivity contribution in [2.45, 2.75) is 112 Å². The van der Waals surface area contributed by atoms with Crippen LogP contribution in [0.3, 0.4) is 0 Å². The van der Waals surface area contributed by atoms with Gasteiger partial charge in [-0.25, -0.2) is 33.1 Å². The van der Waals surface area contributed by atoms with E-state index >= 15 is 0 Å². The van der Waals surface area contributed by atoms with E-state index < -0.39 is 82.7 Å². The molecule has 76 heavy (non-hydrogen) atoms. The van der Waals surface area contributed by atoms with Gasteiger partial charge in [0, 0.05) is 92.2 Å². The molecule has 408 valence electrons. The molecule has 7 N–H and O–H groups in total. The fourth-order valence-electron chi connectivity index (χ4n) is 10.2. The van der Waals surface area contributed by atoms with Crippen molar-refractivity contribution in [1.82, 2.24) is 45.7 Å². The monoisotopic (exact) mass is 1070 g/mol. The molecule has 8 rings (SSSR count). The number of benzene rings is 2. The van der Waals surface area contributed by atoms with Gasteiger partial charge in [-0.3, -0.25) is 24.0 Å². The Morgan fingerprint density at radius 2 is 1.57 bits per heavy atom. The van der Waals surface area contributed by atoms with E-state index in [0.717, 1.165) is 79.9 Å². The molecule has 2 aromatic carbocycles. The van der Waals surface area contributed by atoms with E-state index in [0.29, 0.717) is 44.0 Å². The summed E-state index contributed by atoms with van der Waals surface area (Å²) in [7, 11) is 1.61. The molecule has 0 unspecified atom stereocenters. The zero-order chi connectivity index (χ0) is 54.4. The van der Waals surface area contributed by atoms with E-state index in [1.165, 1.54) is 35.1 Å². The van der Waals surface area contributed by atoms with Gasteiger partial charge in [0.25, 0.3) is 5.91 Å². The summed E-state index contributed by atoms with van der Waals surface area (Å²) in [6, 6.07) is 7.08. The highest BCUT2D eigenvalue weighted by molar-refractivity contribution is 7.99. The Morgan fingerprint density at radius 1 is 0.868 bits per heavy atom. The molecule has 6 heterocycles. The van der Waals surface area contributed by atoms with Crippen molar-refractivity contribution in [2.24, 2.45) is 16.6 Å². The molecule has 4 aliphatic heterocycles. The Labute approximate surface area is 445 Å². The zero-order valence-electron chi connectivity index (χ0n) is 43.7. The molecule has 4 aromatic rings. The molecule has 4 aliphatic rings. The summed E-state index contributed by atoms with van der Waals surface area (Å²) in [5.74, 6) is -3.22. The van der Waals surface area contributed by atoms with Gasteiger partial charge < -0.3 is 51.9 Å². The third-order valence-corrected chi connectivity index (χ3v) is 15.7. The minimum absolute atomic E-state index is 0.0446. The minimum atomic E-state index is -1.25. The van der Waals surface area contributed by atoms with Crippen LogP contribution in [0.1, 0.15) is 83.0 Å². The Kier molecular flexibility index (Phi) is 17.5. The number of para-hydroxylation sites is 1. The van der Waals surface area contributed by atoms with Gasteiger partial charge in [-0.05, 0) is 94.8 Å². The van der Waals surface area contributed by atoms with Crippen LogP contribution in [-0.2, 0) is 19.2 Å². The first-order valence-electron chi connectivity index (χ1n) is 25.9. The highest BCUT2D eigenvalue weighted by Gasteiger charge is 2.48. The number of nitrogens with two attached hydrogens (primary N) is 1. The number of halogens is 3. The second-order valence-corrected chi connectivity index (χ2v) is 22.9. The highest BCUT2D eigenvalue weighted by Crippen LogP contribution is 2.41. The lowest BCUT2D eigenvalue weighted by molar-refractivity contribution is -0.143. The number of nitrogens with one attached hydrogen (secondary N) is 5. The molecule has 0 bridgehead atoms.